The van der Waals surface area contributed by atoms with Crippen molar-refractivity contribution in [1.29, 1.82) is 0 Å². The third kappa shape index (κ3) is 4.09. The van der Waals surface area contributed by atoms with Crippen molar-refractivity contribution in [3.05, 3.63) is 81.7 Å². The summed E-state index contributed by atoms with van der Waals surface area (Å²) in [6.07, 6.45) is 2.50. The van der Waals surface area contributed by atoms with Crippen molar-refractivity contribution in [1.82, 2.24) is 4.90 Å². The number of hydrogen-bond donors (Lipinski definition) is 0. The first-order valence-electron chi connectivity index (χ1n) is 9.72. The Kier molecular flexibility index (Phi) is 6.11. The van der Waals surface area contributed by atoms with Gasteiger partial charge in [-0.3, -0.25) is 14.5 Å². The number of carbonyl (C=O) groups excluding carboxylic acids is 2. The second-order valence-corrected chi connectivity index (χ2v) is 8.31. The largest absolute Gasteiger partial charge is 0.488 e. The summed E-state index contributed by atoms with van der Waals surface area (Å²) >= 11 is 7.23. The average molecular weight is 438 g/mol. The average Bonchev–Trinajstić information content (AvgIpc) is 3.02. The molecule has 0 saturated carbocycles. The van der Waals surface area contributed by atoms with Crippen LogP contribution in [0, 0.1) is 0 Å². The molecule has 30 heavy (non-hydrogen) atoms. The minimum absolute atomic E-state index is 0.230. The van der Waals surface area contributed by atoms with Crippen LogP contribution in [0.25, 0.3) is 16.8 Å². The van der Waals surface area contributed by atoms with Crippen LogP contribution >= 0.6 is 23.4 Å². The fraction of sp³-hybridized carbons (Fsp3) is 0.167. The van der Waals surface area contributed by atoms with Crippen LogP contribution in [0.1, 0.15) is 24.5 Å². The number of benzene rings is 3. The lowest BCUT2D eigenvalue weighted by Gasteiger charge is -2.13. The molecule has 0 aliphatic carbocycles. The van der Waals surface area contributed by atoms with Gasteiger partial charge >= 0.3 is 0 Å². The molecule has 0 unspecified atom stereocenters. The molecular formula is C24H20ClNO3S. The molecule has 1 saturated heterocycles. The Morgan fingerprint density at radius 3 is 2.60 bits per heavy atom. The van der Waals surface area contributed by atoms with Crippen LogP contribution in [-0.4, -0.2) is 22.6 Å². The van der Waals surface area contributed by atoms with E-state index in [9.17, 15) is 9.59 Å². The molecule has 0 N–H and O–H groups in total. The molecule has 3 aromatic rings. The Bertz CT molecular complexity index is 1160. The number of halogens is 1. The summed E-state index contributed by atoms with van der Waals surface area (Å²) in [5.74, 6) is 0.382. The molecule has 1 heterocycles. The number of amides is 2. The highest BCUT2D eigenvalue weighted by atomic mass is 35.5. The van der Waals surface area contributed by atoms with Crippen LogP contribution in [0.5, 0.6) is 5.75 Å². The summed E-state index contributed by atoms with van der Waals surface area (Å²) in [4.78, 5) is 26.7. The first-order valence-corrected chi connectivity index (χ1v) is 10.9. The molecule has 1 aliphatic rings. The van der Waals surface area contributed by atoms with Crippen LogP contribution in [-0.2, 0) is 11.4 Å². The van der Waals surface area contributed by atoms with E-state index in [0.29, 0.717) is 28.8 Å². The normalized spacial score (nSPS) is 15.4. The zero-order valence-corrected chi connectivity index (χ0v) is 18.0. The molecule has 1 aliphatic heterocycles. The van der Waals surface area contributed by atoms with Gasteiger partial charge in [0.1, 0.15) is 12.4 Å². The molecule has 0 atom stereocenters. The van der Waals surface area contributed by atoms with E-state index in [1.54, 1.807) is 6.08 Å². The molecule has 0 spiro atoms. The third-order valence-corrected chi connectivity index (χ3v) is 6.14. The quantitative estimate of drug-likeness (QED) is 0.412. The van der Waals surface area contributed by atoms with Crippen LogP contribution in [0.4, 0.5) is 4.79 Å². The molecule has 6 heteroatoms. The molecule has 4 rings (SSSR count). The van der Waals surface area contributed by atoms with E-state index in [1.165, 1.54) is 4.90 Å². The fourth-order valence-electron chi connectivity index (χ4n) is 3.37. The number of imide groups is 1. The maximum Gasteiger partial charge on any atom is 0.293 e. The van der Waals surface area contributed by atoms with E-state index in [0.717, 1.165) is 40.1 Å². The smallest absolute Gasteiger partial charge is 0.293 e. The number of carbonyl (C=O) groups is 2. The van der Waals surface area contributed by atoms with Gasteiger partial charge in [-0.2, -0.15) is 0 Å². The Balaban J connectivity index is 1.74. The third-order valence-electron chi connectivity index (χ3n) is 4.87. The standard InChI is InChI=1S/C24H20ClNO3S/c1-2-13-26-23(27)22(30-24(26)28)14-19-18-9-5-3-7-16(18)11-12-21(19)29-15-17-8-4-6-10-20(17)25/h3-12,14H,2,13,15H2,1H3/b22-14+. The minimum Gasteiger partial charge on any atom is -0.488 e. The minimum atomic E-state index is -0.253. The lowest BCUT2D eigenvalue weighted by molar-refractivity contribution is -0.122. The molecule has 152 valence electrons. The highest BCUT2D eigenvalue weighted by Crippen LogP contribution is 2.37. The Hall–Kier alpha value is -2.76. The van der Waals surface area contributed by atoms with Crippen LogP contribution in [0.3, 0.4) is 0 Å². The summed E-state index contributed by atoms with van der Waals surface area (Å²) < 4.78 is 6.11. The van der Waals surface area contributed by atoms with E-state index in [1.807, 2.05) is 67.6 Å². The van der Waals surface area contributed by atoms with Gasteiger partial charge in [-0.1, -0.05) is 67.1 Å². The maximum absolute atomic E-state index is 12.7. The predicted molar refractivity (Wildman–Crippen MR) is 123 cm³/mol. The molecule has 0 bridgehead atoms. The van der Waals surface area contributed by atoms with Crippen molar-refractivity contribution in [2.24, 2.45) is 0 Å². The Morgan fingerprint density at radius 2 is 1.80 bits per heavy atom. The van der Waals surface area contributed by atoms with Crippen LogP contribution in [0.15, 0.2) is 65.6 Å². The SMILES string of the molecule is CCCN1C(=O)S/C(=C/c2c(OCc3ccccc3Cl)ccc3ccccc23)C1=O. The summed E-state index contributed by atoms with van der Waals surface area (Å²) in [6.45, 7) is 2.67. The monoisotopic (exact) mass is 437 g/mol. The Labute approximate surface area is 184 Å². The second kappa shape index (κ2) is 8.94. The van der Waals surface area contributed by atoms with E-state index in [-0.39, 0.29) is 11.1 Å². The van der Waals surface area contributed by atoms with Gasteiger partial charge in [0, 0.05) is 22.7 Å². The lowest BCUT2D eigenvalue weighted by Crippen LogP contribution is -2.28. The molecule has 0 aromatic heterocycles. The molecular weight excluding hydrogens is 418 g/mol. The first kappa shape index (κ1) is 20.5. The van der Waals surface area contributed by atoms with Crippen LogP contribution in [0.2, 0.25) is 5.02 Å². The van der Waals surface area contributed by atoms with Gasteiger partial charge in [0.05, 0.1) is 4.91 Å². The zero-order valence-electron chi connectivity index (χ0n) is 16.4. The molecule has 3 aromatic carbocycles. The summed E-state index contributed by atoms with van der Waals surface area (Å²) in [7, 11) is 0. The summed E-state index contributed by atoms with van der Waals surface area (Å²) in [5.41, 5.74) is 1.66. The van der Waals surface area contributed by atoms with Crippen molar-refractivity contribution in [3.8, 4) is 5.75 Å². The van der Waals surface area contributed by atoms with E-state index in [2.05, 4.69) is 0 Å². The van der Waals surface area contributed by atoms with Crippen LogP contribution < -0.4 is 4.74 Å². The number of fused-ring (bicyclic) bond motifs is 1. The lowest BCUT2D eigenvalue weighted by atomic mass is 10.0. The zero-order chi connectivity index (χ0) is 21.1. The highest BCUT2D eigenvalue weighted by molar-refractivity contribution is 8.18. The van der Waals surface area contributed by atoms with Crippen molar-refractivity contribution < 1.29 is 14.3 Å². The number of ether oxygens (including phenoxy) is 1. The number of thioether (sulfide) groups is 1. The van der Waals surface area contributed by atoms with Gasteiger partial charge in [0.25, 0.3) is 11.1 Å². The van der Waals surface area contributed by atoms with Crippen molar-refractivity contribution >= 4 is 51.4 Å². The van der Waals surface area contributed by atoms with Gasteiger partial charge in [-0.25, -0.2) is 0 Å². The van der Waals surface area contributed by atoms with Crippen molar-refractivity contribution in [2.75, 3.05) is 6.54 Å². The summed E-state index contributed by atoms with van der Waals surface area (Å²) in [5, 5.41) is 2.39. The number of hydrogen-bond acceptors (Lipinski definition) is 4. The van der Waals surface area contributed by atoms with Crippen molar-refractivity contribution in [3.63, 3.8) is 0 Å². The van der Waals surface area contributed by atoms with Gasteiger partial charge in [0.2, 0.25) is 0 Å². The Morgan fingerprint density at radius 1 is 1.03 bits per heavy atom. The maximum atomic E-state index is 12.7. The topological polar surface area (TPSA) is 46.6 Å². The second-order valence-electron chi connectivity index (χ2n) is 6.91. The first-order chi connectivity index (χ1) is 14.6. The van der Waals surface area contributed by atoms with E-state index in [4.69, 9.17) is 16.3 Å². The molecule has 2 amide bonds. The fourth-order valence-corrected chi connectivity index (χ4v) is 4.41. The highest BCUT2D eigenvalue weighted by Gasteiger charge is 2.34. The van der Waals surface area contributed by atoms with Gasteiger partial charge in [-0.05, 0) is 47.2 Å². The molecule has 4 nitrogen and oxygen atoms in total. The van der Waals surface area contributed by atoms with Crippen molar-refractivity contribution in [2.45, 2.75) is 20.0 Å². The number of nitrogens with zero attached hydrogens (tertiary/aromatic N) is 1. The van der Waals surface area contributed by atoms with Gasteiger partial charge in [0.15, 0.2) is 0 Å². The van der Waals surface area contributed by atoms with Gasteiger partial charge < -0.3 is 4.74 Å². The predicted octanol–water partition coefficient (Wildman–Crippen LogP) is 6.52. The van der Waals surface area contributed by atoms with Gasteiger partial charge in [-0.15, -0.1) is 0 Å². The summed E-state index contributed by atoms with van der Waals surface area (Å²) in [6, 6.07) is 19.3. The van der Waals surface area contributed by atoms with E-state index < -0.39 is 0 Å². The van der Waals surface area contributed by atoms with E-state index >= 15 is 0 Å². The number of rotatable bonds is 6. The molecule has 1 fully saturated rings. The molecule has 0 radical (unpaired) electrons.